The molecule has 0 saturated heterocycles. The second kappa shape index (κ2) is 6.32. The number of carbonyl (C=O) groups excluding carboxylic acids is 1. The summed E-state index contributed by atoms with van der Waals surface area (Å²) in [4.78, 5) is 12.9. The number of nitrogens with zero attached hydrogens (tertiary/aromatic N) is 4. The van der Waals surface area contributed by atoms with Crippen molar-refractivity contribution >= 4 is 27.9 Å². The van der Waals surface area contributed by atoms with Gasteiger partial charge in [0.1, 0.15) is 5.01 Å². The van der Waals surface area contributed by atoms with Crippen molar-refractivity contribution in [1.29, 1.82) is 0 Å². The maximum Gasteiger partial charge on any atom is 0.234 e. The molecule has 4 rings (SSSR count). The predicted octanol–water partition coefficient (Wildman–Crippen LogP) is 3.20. The van der Waals surface area contributed by atoms with Crippen LogP contribution in [0, 0.1) is 0 Å². The number of hydrogen-bond acceptors (Lipinski definition) is 5. The van der Waals surface area contributed by atoms with Crippen LogP contribution in [0.25, 0.3) is 4.96 Å². The molecule has 0 aliphatic heterocycles. The highest BCUT2D eigenvalue weighted by atomic mass is 32.1. The second-order valence-electron chi connectivity index (χ2n) is 6.12. The van der Waals surface area contributed by atoms with Crippen LogP contribution in [0.15, 0.2) is 24.3 Å². The zero-order chi connectivity index (χ0) is 16.5. The number of amides is 1. The van der Waals surface area contributed by atoms with Crippen LogP contribution < -0.4 is 5.32 Å². The minimum absolute atomic E-state index is 0.00706. The van der Waals surface area contributed by atoms with Gasteiger partial charge >= 0.3 is 0 Å². The van der Waals surface area contributed by atoms with Crippen LogP contribution in [0.1, 0.15) is 48.5 Å². The summed E-state index contributed by atoms with van der Waals surface area (Å²) >= 11 is 1.51. The Hall–Kier alpha value is -2.28. The van der Waals surface area contributed by atoms with Crippen molar-refractivity contribution in [3.05, 3.63) is 40.7 Å². The fraction of sp³-hybridized carbons (Fsp3) is 0.412. The number of hydrogen-bond donors (Lipinski definition) is 1. The van der Waals surface area contributed by atoms with E-state index >= 15 is 0 Å². The molecule has 24 heavy (non-hydrogen) atoms. The van der Waals surface area contributed by atoms with Crippen LogP contribution in [0.4, 0.5) is 5.69 Å². The van der Waals surface area contributed by atoms with Gasteiger partial charge in [0.05, 0.1) is 0 Å². The van der Waals surface area contributed by atoms with E-state index in [1.54, 1.807) is 0 Å². The lowest BCUT2D eigenvalue weighted by Gasteiger charge is -2.05. The van der Waals surface area contributed by atoms with Crippen molar-refractivity contribution < 1.29 is 4.79 Å². The third-order valence-electron chi connectivity index (χ3n) is 4.21. The fourth-order valence-electron chi connectivity index (χ4n) is 2.64. The minimum Gasteiger partial charge on any atom is -0.326 e. The average molecular weight is 341 g/mol. The molecule has 1 aromatic carbocycles. The zero-order valence-corrected chi connectivity index (χ0v) is 14.3. The summed E-state index contributed by atoms with van der Waals surface area (Å²) in [5.74, 6) is 1.49. The summed E-state index contributed by atoms with van der Waals surface area (Å²) in [5, 5.41) is 16.8. The molecule has 6 nitrogen and oxygen atoms in total. The molecule has 0 radical (unpaired) electrons. The summed E-state index contributed by atoms with van der Waals surface area (Å²) in [5.41, 5.74) is 2.10. The summed E-state index contributed by atoms with van der Waals surface area (Å²) in [6.07, 6.45) is 4.38. The molecule has 1 aliphatic carbocycles. The normalized spacial score (nSPS) is 14.2. The van der Waals surface area contributed by atoms with Crippen LogP contribution in [0.2, 0.25) is 0 Å². The van der Waals surface area contributed by atoms with E-state index in [0.717, 1.165) is 27.9 Å². The van der Waals surface area contributed by atoms with E-state index in [-0.39, 0.29) is 5.91 Å². The highest BCUT2D eigenvalue weighted by Gasteiger charge is 2.30. The predicted molar refractivity (Wildman–Crippen MR) is 93.4 cm³/mol. The first-order valence-electron chi connectivity index (χ1n) is 8.32. The van der Waals surface area contributed by atoms with Crippen LogP contribution in [0.5, 0.6) is 0 Å². The standard InChI is InChI=1S/C17H19N5OS/c1-2-11-3-7-13(8-4-11)18-14(23)9-10-15-21-22-16(12-5-6-12)19-20-17(22)24-15/h3-4,7-8,12H,2,5-6,9-10H2,1H3,(H,18,23). The molecule has 7 heteroatoms. The molecule has 0 atom stereocenters. The van der Waals surface area contributed by atoms with E-state index in [1.807, 2.05) is 28.8 Å². The Morgan fingerprint density at radius 3 is 2.79 bits per heavy atom. The molecule has 0 spiro atoms. The molecule has 1 saturated carbocycles. The van der Waals surface area contributed by atoms with Gasteiger partial charge in [-0.15, -0.1) is 10.2 Å². The molecular weight excluding hydrogens is 322 g/mol. The topological polar surface area (TPSA) is 72.2 Å². The zero-order valence-electron chi connectivity index (χ0n) is 13.5. The van der Waals surface area contributed by atoms with Gasteiger partial charge in [-0.25, -0.2) is 0 Å². The third kappa shape index (κ3) is 3.17. The first kappa shape index (κ1) is 15.3. The summed E-state index contributed by atoms with van der Waals surface area (Å²) in [6, 6.07) is 7.97. The molecule has 3 aromatic rings. The van der Waals surface area contributed by atoms with E-state index in [2.05, 4.69) is 27.5 Å². The average Bonchev–Trinajstić information content (AvgIpc) is 3.23. The maximum atomic E-state index is 12.1. The van der Waals surface area contributed by atoms with E-state index in [1.165, 1.54) is 29.7 Å². The first-order valence-corrected chi connectivity index (χ1v) is 9.14. The SMILES string of the molecule is CCc1ccc(NC(=O)CCc2nn3c(C4CC4)nnc3s2)cc1. The van der Waals surface area contributed by atoms with Crippen LogP contribution in [0.3, 0.4) is 0 Å². The Bertz CT molecular complexity index is 863. The third-order valence-corrected chi connectivity index (χ3v) is 5.17. The first-order chi connectivity index (χ1) is 11.7. The van der Waals surface area contributed by atoms with E-state index in [4.69, 9.17) is 0 Å². The smallest absolute Gasteiger partial charge is 0.234 e. The number of nitrogens with one attached hydrogen (secondary N) is 1. The van der Waals surface area contributed by atoms with Crippen LogP contribution in [-0.2, 0) is 17.6 Å². The number of anilines is 1. The van der Waals surface area contributed by atoms with Gasteiger partial charge in [0.2, 0.25) is 10.9 Å². The van der Waals surface area contributed by atoms with Gasteiger partial charge in [-0.3, -0.25) is 4.79 Å². The van der Waals surface area contributed by atoms with Gasteiger partial charge in [-0.1, -0.05) is 30.4 Å². The number of aromatic nitrogens is 4. The quantitative estimate of drug-likeness (QED) is 0.747. The molecule has 2 heterocycles. The molecular formula is C17H19N5OS. The van der Waals surface area contributed by atoms with Gasteiger partial charge in [0, 0.05) is 24.4 Å². The molecule has 2 aromatic heterocycles. The van der Waals surface area contributed by atoms with Crippen molar-refractivity contribution in [2.45, 2.75) is 44.9 Å². The molecule has 0 bridgehead atoms. The van der Waals surface area contributed by atoms with Gasteiger partial charge in [-0.2, -0.15) is 9.61 Å². The number of rotatable bonds is 6. The van der Waals surface area contributed by atoms with Crippen LogP contribution in [-0.4, -0.2) is 25.7 Å². The minimum atomic E-state index is 0.00706. The van der Waals surface area contributed by atoms with Crippen molar-refractivity contribution in [3.63, 3.8) is 0 Å². The van der Waals surface area contributed by atoms with Crippen molar-refractivity contribution in [1.82, 2.24) is 19.8 Å². The Balaban J connectivity index is 1.36. The fourth-order valence-corrected chi connectivity index (χ4v) is 3.48. The second-order valence-corrected chi connectivity index (χ2v) is 7.16. The van der Waals surface area contributed by atoms with Gasteiger partial charge in [-0.05, 0) is 37.0 Å². The largest absolute Gasteiger partial charge is 0.326 e. The van der Waals surface area contributed by atoms with Crippen molar-refractivity contribution in [2.75, 3.05) is 5.32 Å². The number of aryl methyl sites for hydroxylation is 2. The van der Waals surface area contributed by atoms with E-state index in [0.29, 0.717) is 18.8 Å². The summed E-state index contributed by atoms with van der Waals surface area (Å²) in [7, 11) is 0. The molecule has 1 fully saturated rings. The van der Waals surface area contributed by atoms with Gasteiger partial charge < -0.3 is 5.32 Å². The molecule has 124 valence electrons. The molecule has 0 unspecified atom stereocenters. The van der Waals surface area contributed by atoms with Crippen molar-refractivity contribution in [3.8, 4) is 0 Å². The van der Waals surface area contributed by atoms with Crippen molar-refractivity contribution in [2.24, 2.45) is 0 Å². The highest BCUT2D eigenvalue weighted by molar-refractivity contribution is 7.16. The van der Waals surface area contributed by atoms with E-state index < -0.39 is 0 Å². The Morgan fingerprint density at radius 2 is 2.08 bits per heavy atom. The lowest BCUT2D eigenvalue weighted by atomic mass is 10.1. The Kier molecular flexibility index (Phi) is 4.02. The monoisotopic (exact) mass is 341 g/mol. The summed E-state index contributed by atoms with van der Waals surface area (Å²) in [6.45, 7) is 2.11. The van der Waals surface area contributed by atoms with Gasteiger partial charge in [0.15, 0.2) is 5.82 Å². The molecule has 1 aliphatic rings. The highest BCUT2D eigenvalue weighted by Crippen LogP contribution is 2.39. The number of benzene rings is 1. The Labute approximate surface area is 143 Å². The lowest BCUT2D eigenvalue weighted by molar-refractivity contribution is -0.116. The number of carbonyl (C=O) groups is 1. The maximum absolute atomic E-state index is 12.1. The number of fused-ring (bicyclic) bond motifs is 1. The summed E-state index contributed by atoms with van der Waals surface area (Å²) < 4.78 is 1.85. The van der Waals surface area contributed by atoms with Crippen LogP contribution >= 0.6 is 11.3 Å². The lowest BCUT2D eigenvalue weighted by Crippen LogP contribution is -2.12. The van der Waals surface area contributed by atoms with Gasteiger partial charge in [0.25, 0.3) is 0 Å². The Morgan fingerprint density at radius 1 is 1.29 bits per heavy atom. The van der Waals surface area contributed by atoms with E-state index in [9.17, 15) is 4.79 Å². The molecule has 1 N–H and O–H groups in total. The molecule has 1 amide bonds.